The number of aromatic nitrogens is 3. The Hall–Kier alpha value is -3.41. The summed E-state index contributed by atoms with van der Waals surface area (Å²) in [5, 5.41) is 4.06. The number of aryl methyl sites for hydroxylation is 1. The van der Waals surface area contributed by atoms with Gasteiger partial charge in [-0.3, -0.25) is 4.98 Å². The van der Waals surface area contributed by atoms with Gasteiger partial charge in [-0.1, -0.05) is 17.3 Å². The highest BCUT2D eigenvalue weighted by Gasteiger charge is 2.27. The lowest BCUT2D eigenvalue weighted by atomic mass is 10.1. The SMILES string of the molecule is CO/N=C(/c1ccccn1)c1nc(-c2cc(S(=O)(=O)N3CCOCC3)ccc2C)cnc1N. The predicted octanol–water partition coefficient (Wildman–Crippen LogP) is 1.85. The summed E-state index contributed by atoms with van der Waals surface area (Å²) in [7, 11) is -2.25. The standard InChI is InChI=1S/C22H24N6O4S/c1-15-6-7-16(33(29,30)28-9-11-32-12-10-28)13-17(15)19-14-25-22(23)21(26-19)20(27-31-2)18-5-3-4-8-24-18/h3-8,13-14H,9-12H2,1-2H3,(H2,23,25)/b27-20-. The molecule has 4 rings (SSSR count). The van der Waals surface area contributed by atoms with Gasteiger partial charge < -0.3 is 15.3 Å². The molecule has 2 aromatic heterocycles. The third-order valence-electron chi connectivity index (χ3n) is 5.21. The third kappa shape index (κ3) is 4.70. The number of rotatable bonds is 6. The van der Waals surface area contributed by atoms with E-state index in [2.05, 4.69) is 20.1 Å². The topological polar surface area (TPSA) is 133 Å². The normalized spacial score (nSPS) is 15.4. The van der Waals surface area contributed by atoms with Crippen molar-refractivity contribution in [2.75, 3.05) is 39.1 Å². The van der Waals surface area contributed by atoms with Crippen molar-refractivity contribution in [1.82, 2.24) is 19.3 Å². The number of hydrogen-bond donors (Lipinski definition) is 1. The number of nitrogen functional groups attached to an aromatic ring is 1. The Labute approximate surface area is 192 Å². The van der Waals surface area contributed by atoms with E-state index in [1.54, 1.807) is 36.5 Å². The van der Waals surface area contributed by atoms with Crippen LogP contribution < -0.4 is 5.73 Å². The fourth-order valence-corrected chi connectivity index (χ4v) is 4.92. The first-order valence-electron chi connectivity index (χ1n) is 10.3. The third-order valence-corrected chi connectivity index (χ3v) is 7.10. The molecule has 11 heteroatoms. The summed E-state index contributed by atoms with van der Waals surface area (Å²) in [6.07, 6.45) is 3.13. The first-order valence-corrected chi connectivity index (χ1v) is 11.7. The molecule has 1 aromatic carbocycles. The van der Waals surface area contributed by atoms with Crippen molar-refractivity contribution in [2.24, 2.45) is 5.16 Å². The van der Waals surface area contributed by atoms with Crippen LogP contribution in [-0.2, 0) is 19.6 Å². The summed E-state index contributed by atoms with van der Waals surface area (Å²) in [6.45, 7) is 3.26. The first kappa shape index (κ1) is 22.8. The summed E-state index contributed by atoms with van der Waals surface area (Å²) < 4.78 is 33.0. The maximum Gasteiger partial charge on any atom is 0.243 e. The van der Waals surface area contributed by atoms with Gasteiger partial charge in [0.05, 0.1) is 35.7 Å². The number of ether oxygens (including phenoxy) is 1. The highest BCUT2D eigenvalue weighted by Crippen LogP contribution is 2.28. The molecule has 0 radical (unpaired) electrons. The lowest BCUT2D eigenvalue weighted by molar-refractivity contribution is 0.0730. The van der Waals surface area contributed by atoms with Crippen molar-refractivity contribution < 1.29 is 18.0 Å². The molecule has 0 amide bonds. The molecule has 1 aliphatic rings. The van der Waals surface area contributed by atoms with Crippen molar-refractivity contribution in [3.05, 3.63) is 65.7 Å². The molecule has 2 N–H and O–H groups in total. The average molecular weight is 469 g/mol. The zero-order valence-corrected chi connectivity index (χ0v) is 19.1. The van der Waals surface area contributed by atoms with E-state index < -0.39 is 10.0 Å². The van der Waals surface area contributed by atoms with Crippen LogP contribution in [0.2, 0.25) is 0 Å². The Bertz CT molecular complexity index is 1280. The molecule has 1 aliphatic heterocycles. The molecule has 0 unspecified atom stereocenters. The van der Waals surface area contributed by atoms with Crippen molar-refractivity contribution in [1.29, 1.82) is 0 Å². The molecule has 10 nitrogen and oxygen atoms in total. The van der Waals surface area contributed by atoms with Gasteiger partial charge in [0, 0.05) is 24.8 Å². The molecule has 3 aromatic rings. The number of oxime groups is 1. The van der Waals surface area contributed by atoms with E-state index in [0.717, 1.165) is 5.56 Å². The maximum atomic E-state index is 13.2. The number of pyridine rings is 1. The van der Waals surface area contributed by atoms with E-state index in [9.17, 15) is 8.42 Å². The van der Waals surface area contributed by atoms with Gasteiger partial charge in [-0.05, 0) is 36.8 Å². The quantitative estimate of drug-likeness (QED) is 0.428. The highest BCUT2D eigenvalue weighted by atomic mass is 32.2. The summed E-state index contributed by atoms with van der Waals surface area (Å²) in [5.41, 5.74) is 9.15. The van der Waals surface area contributed by atoms with Crippen molar-refractivity contribution in [3.8, 4) is 11.3 Å². The van der Waals surface area contributed by atoms with E-state index in [-0.39, 0.29) is 16.4 Å². The molecule has 0 bridgehead atoms. The molecule has 1 fully saturated rings. The summed E-state index contributed by atoms with van der Waals surface area (Å²) >= 11 is 0. The molecule has 0 saturated carbocycles. The molecule has 1 saturated heterocycles. The van der Waals surface area contributed by atoms with Crippen molar-refractivity contribution in [3.63, 3.8) is 0 Å². The fraction of sp³-hybridized carbons (Fsp3) is 0.273. The molecule has 3 heterocycles. The minimum absolute atomic E-state index is 0.148. The lowest BCUT2D eigenvalue weighted by Gasteiger charge is -2.26. The summed E-state index contributed by atoms with van der Waals surface area (Å²) in [5.74, 6) is 0.148. The Kier molecular flexibility index (Phi) is 6.63. The number of benzene rings is 1. The van der Waals surface area contributed by atoms with Crippen LogP contribution in [0.5, 0.6) is 0 Å². The van der Waals surface area contributed by atoms with Crippen molar-refractivity contribution in [2.45, 2.75) is 11.8 Å². The van der Waals surface area contributed by atoms with Crippen LogP contribution in [0.3, 0.4) is 0 Å². The molecule has 172 valence electrons. The van der Waals surface area contributed by atoms with Gasteiger partial charge in [-0.15, -0.1) is 0 Å². The zero-order chi connectivity index (χ0) is 23.4. The number of morpholine rings is 1. The van der Waals surface area contributed by atoms with Crippen LogP contribution in [0, 0.1) is 6.92 Å². The fourth-order valence-electron chi connectivity index (χ4n) is 3.48. The molecule has 0 atom stereocenters. The minimum atomic E-state index is -3.67. The van der Waals surface area contributed by atoms with E-state index >= 15 is 0 Å². The zero-order valence-electron chi connectivity index (χ0n) is 18.3. The maximum absolute atomic E-state index is 13.2. The Balaban J connectivity index is 1.79. The van der Waals surface area contributed by atoms with E-state index in [1.807, 2.05) is 13.0 Å². The summed E-state index contributed by atoms with van der Waals surface area (Å²) in [6, 6.07) is 10.3. The largest absolute Gasteiger partial charge is 0.399 e. The van der Waals surface area contributed by atoms with E-state index in [0.29, 0.717) is 49.0 Å². The summed E-state index contributed by atoms with van der Waals surface area (Å²) in [4.78, 5) is 18.4. The smallest absolute Gasteiger partial charge is 0.243 e. The van der Waals surface area contributed by atoms with Gasteiger partial charge in [0.25, 0.3) is 0 Å². The van der Waals surface area contributed by atoms with Gasteiger partial charge in [0.15, 0.2) is 11.5 Å². The van der Waals surface area contributed by atoms with E-state index in [4.69, 9.17) is 15.3 Å². The second-order valence-corrected chi connectivity index (χ2v) is 9.26. The molecular weight excluding hydrogens is 444 g/mol. The minimum Gasteiger partial charge on any atom is -0.399 e. The van der Waals surface area contributed by atoms with Crippen LogP contribution in [-0.4, -0.2) is 66.8 Å². The molecule has 33 heavy (non-hydrogen) atoms. The number of nitrogens with zero attached hydrogens (tertiary/aromatic N) is 5. The van der Waals surface area contributed by atoms with Crippen LogP contribution in [0.25, 0.3) is 11.3 Å². The number of sulfonamides is 1. The monoisotopic (exact) mass is 468 g/mol. The second kappa shape index (κ2) is 9.61. The first-order chi connectivity index (χ1) is 15.9. The van der Waals surface area contributed by atoms with Crippen LogP contribution in [0.15, 0.2) is 58.8 Å². The van der Waals surface area contributed by atoms with Crippen LogP contribution in [0.4, 0.5) is 5.82 Å². The second-order valence-electron chi connectivity index (χ2n) is 7.32. The van der Waals surface area contributed by atoms with Crippen LogP contribution >= 0.6 is 0 Å². The predicted molar refractivity (Wildman–Crippen MR) is 123 cm³/mol. The lowest BCUT2D eigenvalue weighted by Crippen LogP contribution is -2.40. The highest BCUT2D eigenvalue weighted by molar-refractivity contribution is 7.89. The number of hydrogen-bond acceptors (Lipinski definition) is 9. The van der Waals surface area contributed by atoms with Gasteiger partial charge in [0.1, 0.15) is 12.8 Å². The molecule has 0 spiro atoms. The van der Waals surface area contributed by atoms with Crippen LogP contribution in [0.1, 0.15) is 17.0 Å². The van der Waals surface area contributed by atoms with Gasteiger partial charge in [0.2, 0.25) is 10.0 Å². The molecular formula is C22H24N6O4S. The number of nitrogens with two attached hydrogens (primary N) is 1. The Morgan fingerprint density at radius 1 is 1.18 bits per heavy atom. The Morgan fingerprint density at radius 2 is 1.97 bits per heavy atom. The number of anilines is 1. The molecule has 0 aliphatic carbocycles. The van der Waals surface area contributed by atoms with Crippen molar-refractivity contribution >= 4 is 21.6 Å². The van der Waals surface area contributed by atoms with E-state index in [1.165, 1.54) is 17.6 Å². The average Bonchev–Trinajstić information content (AvgIpc) is 2.84. The van der Waals surface area contributed by atoms with Gasteiger partial charge >= 0.3 is 0 Å². The van der Waals surface area contributed by atoms with Gasteiger partial charge in [-0.25, -0.2) is 18.4 Å². The van der Waals surface area contributed by atoms with Gasteiger partial charge in [-0.2, -0.15) is 4.31 Å². The Morgan fingerprint density at radius 3 is 2.67 bits per heavy atom.